The van der Waals surface area contributed by atoms with Crippen LogP contribution >= 0.6 is 0 Å². The maximum absolute atomic E-state index is 9.23. The lowest BCUT2D eigenvalue weighted by Gasteiger charge is -2.25. The van der Waals surface area contributed by atoms with Gasteiger partial charge in [0.15, 0.2) is 0 Å². The zero-order valence-electron chi connectivity index (χ0n) is 10.2. The molecule has 0 amide bonds. The SMILES string of the molecule is CC(O)CC(C)N(C)CCOC(C)C. The van der Waals surface area contributed by atoms with Crippen LogP contribution in [0.15, 0.2) is 0 Å². The van der Waals surface area contributed by atoms with Crippen LogP contribution in [-0.4, -0.2) is 48.5 Å². The summed E-state index contributed by atoms with van der Waals surface area (Å²) in [6, 6.07) is 0.408. The number of aliphatic hydroxyl groups excluding tert-OH is 1. The topological polar surface area (TPSA) is 32.7 Å². The van der Waals surface area contributed by atoms with Crippen LogP contribution in [-0.2, 0) is 4.74 Å². The van der Waals surface area contributed by atoms with Gasteiger partial charge in [0.1, 0.15) is 0 Å². The second kappa shape index (κ2) is 7.21. The molecule has 0 fully saturated rings. The molecule has 0 aliphatic rings. The Hall–Kier alpha value is -0.120. The normalized spacial score (nSPS) is 16.3. The molecule has 0 radical (unpaired) electrons. The van der Waals surface area contributed by atoms with E-state index >= 15 is 0 Å². The average Bonchev–Trinajstić information content (AvgIpc) is 2.01. The van der Waals surface area contributed by atoms with Crippen LogP contribution in [0.3, 0.4) is 0 Å². The van der Waals surface area contributed by atoms with Gasteiger partial charge in [-0.3, -0.25) is 0 Å². The number of hydrogen-bond donors (Lipinski definition) is 1. The number of nitrogens with zero attached hydrogens (tertiary/aromatic N) is 1. The Morgan fingerprint density at radius 2 is 1.79 bits per heavy atom. The van der Waals surface area contributed by atoms with Crippen molar-refractivity contribution in [1.29, 1.82) is 0 Å². The molecule has 1 N–H and O–H groups in total. The minimum absolute atomic E-state index is 0.224. The van der Waals surface area contributed by atoms with E-state index in [1.54, 1.807) is 0 Å². The minimum atomic E-state index is -0.224. The molecule has 0 aromatic carbocycles. The van der Waals surface area contributed by atoms with E-state index < -0.39 is 0 Å². The molecular formula is C11H25NO2. The number of likely N-dealkylation sites (N-methyl/N-ethyl adjacent to an activating group) is 1. The molecular weight excluding hydrogens is 178 g/mol. The number of aliphatic hydroxyl groups is 1. The Morgan fingerprint density at radius 3 is 2.21 bits per heavy atom. The number of rotatable bonds is 7. The molecule has 0 saturated heterocycles. The lowest BCUT2D eigenvalue weighted by atomic mass is 10.1. The third-order valence-electron chi connectivity index (χ3n) is 2.33. The molecule has 0 aromatic rings. The molecule has 0 aliphatic carbocycles. The van der Waals surface area contributed by atoms with Gasteiger partial charge in [-0.05, 0) is 41.2 Å². The molecule has 2 unspecified atom stereocenters. The lowest BCUT2D eigenvalue weighted by Crippen LogP contribution is -2.34. The van der Waals surface area contributed by atoms with E-state index in [0.29, 0.717) is 12.1 Å². The molecule has 2 atom stereocenters. The first kappa shape index (κ1) is 13.9. The van der Waals surface area contributed by atoms with E-state index in [-0.39, 0.29) is 6.10 Å². The van der Waals surface area contributed by atoms with Gasteiger partial charge in [0.05, 0.1) is 18.8 Å². The summed E-state index contributed by atoms with van der Waals surface area (Å²) in [6.45, 7) is 9.72. The van der Waals surface area contributed by atoms with Crippen LogP contribution in [0.2, 0.25) is 0 Å². The summed E-state index contributed by atoms with van der Waals surface area (Å²) in [6.07, 6.45) is 0.895. The Kier molecular flexibility index (Phi) is 7.15. The largest absolute Gasteiger partial charge is 0.393 e. The molecule has 0 rings (SSSR count). The van der Waals surface area contributed by atoms with E-state index in [9.17, 15) is 5.11 Å². The first-order valence-electron chi connectivity index (χ1n) is 5.43. The van der Waals surface area contributed by atoms with Gasteiger partial charge in [0, 0.05) is 12.6 Å². The summed E-state index contributed by atoms with van der Waals surface area (Å²) < 4.78 is 5.46. The average molecular weight is 203 g/mol. The molecule has 14 heavy (non-hydrogen) atoms. The van der Waals surface area contributed by atoms with Gasteiger partial charge in [-0.1, -0.05) is 0 Å². The molecule has 0 bridgehead atoms. The molecule has 0 heterocycles. The highest BCUT2D eigenvalue weighted by molar-refractivity contribution is 4.65. The van der Waals surface area contributed by atoms with Crippen molar-refractivity contribution in [3.8, 4) is 0 Å². The van der Waals surface area contributed by atoms with Crippen molar-refractivity contribution in [2.75, 3.05) is 20.2 Å². The zero-order valence-corrected chi connectivity index (χ0v) is 10.2. The van der Waals surface area contributed by atoms with E-state index in [1.165, 1.54) is 0 Å². The molecule has 3 heteroatoms. The quantitative estimate of drug-likeness (QED) is 0.680. The summed E-state index contributed by atoms with van der Waals surface area (Å²) in [7, 11) is 2.07. The van der Waals surface area contributed by atoms with Gasteiger partial charge in [-0.15, -0.1) is 0 Å². The monoisotopic (exact) mass is 203 g/mol. The molecule has 86 valence electrons. The number of hydrogen-bond acceptors (Lipinski definition) is 3. The third-order valence-corrected chi connectivity index (χ3v) is 2.33. The fourth-order valence-electron chi connectivity index (χ4n) is 1.33. The van der Waals surface area contributed by atoms with Crippen LogP contribution in [0.25, 0.3) is 0 Å². The summed E-state index contributed by atoms with van der Waals surface area (Å²) in [5, 5.41) is 9.23. The van der Waals surface area contributed by atoms with Crippen molar-refractivity contribution in [2.24, 2.45) is 0 Å². The molecule has 0 saturated carbocycles. The van der Waals surface area contributed by atoms with E-state index in [0.717, 1.165) is 19.6 Å². The van der Waals surface area contributed by atoms with Gasteiger partial charge < -0.3 is 14.7 Å². The standard InChI is InChI=1S/C11H25NO2/c1-9(2)14-7-6-12(5)10(3)8-11(4)13/h9-11,13H,6-8H2,1-5H3. The highest BCUT2D eigenvalue weighted by Gasteiger charge is 2.11. The summed E-state index contributed by atoms with van der Waals surface area (Å²) in [5.74, 6) is 0. The molecule has 0 aliphatic heterocycles. The van der Waals surface area contributed by atoms with Crippen LogP contribution in [0.1, 0.15) is 34.1 Å². The van der Waals surface area contributed by atoms with E-state index in [1.807, 2.05) is 20.8 Å². The fraction of sp³-hybridized carbons (Fsp3) is 1.00. The van der Waals surface area contributed by atoms with Crippen LogP contribution in [0, 0.1) is 0 Å². The number of ether oxygens (including phenoxy) is 1. The van der Waals surface area contributed by atoms with Crippen molar-refractivity contribution in [3.63, 3.8) is 0 Å². The Labute approximate surface area is 88.1 Å². The van der Waals surface area contributed by atoms with E-state index in [2.05, 4.69) is 18.9 Å². The van der Waals surface area contributed by atoms with Crippen LogP contribution < -0.4 is 0 Å². The minimum Gasteiger partial charge on any atom is -0.393 e. The predicted molar refractivity (Wildman–Crippen MR) is 59.5 cm³/mol. The van der Waals surface area contributed by atoms with Gasteiger partial charge >= 0.3 is 0 Å². The fourth-order valence-corrected chi connectivity index (χ4v) is 1.33. The van der Waals surface area contributed by atoms with Crippen molar-refractivity contribution in [3.05, 3.63) is 0 Å². The van der Waals surface area contributed by atoms with Crippen molar-refractivity contribution >= 4 is 0 Å². The second-order valence-electron chi connectivity index (χ2n) is 4.33. The van der Waals surface area contributed by atoms with Gasteiger partial charge in [-0.2, -0.15) is 0 Å². The van der Waals surface area contributed by atoms with Crippen molar-refractivity contribution in [1.82, 2.24) is 4.90 Å². The lowest BCUT2D eigenvalue weighted by molar-refractivity contribution is 0.0507. The summed E-state index contributed by atoms with van der Waals surface area (Å²) in [4.78, 5) is 2.22. The smallest absolute Gasteiger partial charge is 0.0596 e. The Morgan fingerprint density at radius 1 is 1.21 bits per heavy atom. The van der Waals surface area contributed by atoms with Crippen molar-refractivity contribution in [2.45, 2.75) is 52.4 Å². The van der Waals surface area contributed by atoms with Gasteiger partial charge in [0.25, 0.3) is 0 Å². The highest BCUT2D eigenvalue weighted by atomic mass is 16.5. The van der Waals surface area contributed by atoms with Crippen LogP contribution in [0.5, 0.6) is 0 Å². The Bertz CT molecular complexity index is 137. The molecule has 3 nitrogen and oxygen atoms in total. The van der Waals surface area contributed by atoms with Crippen LogP contribution in [0.4, 0.5) is 0 Å². The third kappa shape index (κ3) is 7.30. The first-order chi connectivity index (χ1) is 6.43. The maximum Gasteiger partial charge on any atom is 0.0596 e. The van der Waals surface area contributed by atoms with Crippen molar-refractivity contribution < 1.29 is 9.84 Å². The second-order valence-corrected chi connectivity index (χ2v) is 4.33. The summed E-state index contributed by atoms with van der Waals surface area (Å²) in [5.41, 5.74) is 0. The maximum atomic E-state index is 9.23. The Balaban J connectivity index is 3.56. The summed E-state index contributed by atoms with van der Waals surface area (Å²) >= 11 is 0. The highest BCUT2D eigenvalue weighted by Crippen LogP contribution is 2.04. The van der Waals surface area contributed by atoms with E-state index in [4.69, 9.17) is 4.74 Å². The van der Waals surface area contributed by atoms with Gasteiger partial charge in [-0.25, -0.2) is 0 Å². The zero-order chi connectivity index (χ0) is 11.1. The predicted octanol–water partition coefficient (Wildman–Crippen LogP) is 1.50. The first-order valence-corrected chi connectivity index (χ1v) is 5.43. The molecule has 0 aromatic heterocycles. The van der Waals surface area contributed by atoms with Gasteiger partial charge in [0.2, 0.25) is 0 Å². The molecule has 0 spiro atoms.